The summed E-state index contributed by atoms with van der Waals surface area (Å²) < 4.78 is 30.5. The Morgan fingerprint density at radius 2 is 2.00 bits per heavy atom. The molecule has 5 nitrogen and oxygen atoms in total. The van der Waals surface area contributed by atoms with Crippen molar-refractivity contribution in [1.29, 1.82) is 0 Å². The minimum Gasteiger partial charge on any atom is -0.449 e. The predicted molar refractivity (Wildman–Crippen MR) is 80.4 cm³/mol. The van der Waals surface area contributed by atoms with E-state index in [1.54, 1.807) is 18.2 Å². The van der Waals surface area contributed by atoms with Crippen molar-refractivity contribution in [3.8, 4) is 0 Å². The summed E-state index contributed by atoms with van der Waals surface area (Å²) in [5, 5.41) is 0. The maximum Gasteiger partial charge on any atom is 0.421 e. The number of sulfonamides is 1. The van der Waals surface area contributed by atoms with Gasteiger partial charge in [-0.15, -0.1) is 5.73 Å². The van der Waals surface area contributed by atoms with E-state index in [1.807, 2.05) is 11.6 Å². The first-order chi connectivity index (χ1) is 9.95. The Hall–Kier alpha value is -2.04. The molecular weight excluding hydrogens is 290 g/mol. The number of benzene rings is 1. The molecule has 114 valence electrons. The van der Waals surface area contributed by atoms with Gasteiger partial charge < -0.3 is 4.74 Å². The van der Waals surface area contributed by atoms with Gasteiger partial charge in [-0.1, -0.05) is 24.3 Å². The van der Waals surface area contributed by atoms with Crippen LogP contribution in [0.15, 0.2) is 47.5 Å². The lowest BCUT2D eigenvalue weighted by Gasteiger charge is -2.08. The van der Waals surface area contributed by atoms with Gasteiger partial charge in [0.25, 0.3) is 10.0 Å². The number of aryl methyl sites for hydroxylation is 1. The average molecular weight is 309 g/mol. The number of nitrogens with one attached hydrogen (secondary N) is 1. The van der Waals surface area contributed by atoms with E-state index in [0.717, 1.165) is 18.4 Å². The van der Waals surface area contributed by atoms with Crippen LogP contribution in [0.5, 0.6) is 0 Å². The largest absolute Gasteiger partial charge is 0.449 e. The fourth-order valence-electron chi connectivity index (χ4n) is 1.53. The minimum absolute atomic E-state index is 0.0289. The van der Waals surface area contributed by atoms with Gasteiger partial charge in [-0.2, -0.15) is 0 Å². The molecule has 6 heteroatoms. The van der Waals surface area contributed by atoms with E-state index in [9.17, 15) is 13.2 Å². The summed E-state index contributed by atoms with van der Waals surface area (Å²) in [6.45, 7) is 5.45. The lowest BCUT2D eigenvalue weighted by atomic mass is 10.2. The van der Waals surface area contributed by atoms with Crippen LogP contribution in [-0.4, -0.2) is 21.1 Å². The molecule has 1 amide bonds. The molecule has 0 bridgehead atoms. The van der Waals surface area contributed by atoms with Crippen LogP contribution in [0.2, 0.25) is 0 Å². The summed E-state index contributed by atoms with van der Waals surface area (Å²) in [4.78, 5) is 11.5. The van der Waals surface area contributed by atoms with Crippen molar-refractivity contribution in [2.24, 2.45) is 0 Å². The Labute approximate surface area is 125 Å². The second kappa shape index (κ2) is 8.29. The first-order valence-corrected chi connectivity index (χ1v) is 8.04. The van der Waals surface area contributed by atoms with Crippen molar-refractivity contribution < 1.29 is 17.9 Å². The minimum atomic E-state index is -3.88. The quantitative estimate of drug-likeness (QED) is 0.621. The molecular formula is C15H19NO4S. The second-order valence-electron chi connectivity index (χ2n) is 4.46. The highest BCUT2D eigenvalue weighted by atomic mass is 32.2. The molecule has 0 fully saturated rings. The molecule has 0 aromatic heterocycles. The van der Waals surface area contributed by atoms with Crippen molar-refractivity contribution in [3.05, 3.63) is 48.2 Å². The molecule has 0 aliphatic heterocycles. The van der Waals surface area contributed by atoms with Crippen LogP contribution >= 0.6 is 0 Å². The van der Waals surface area contributed by atoms with Crippen LogP contribution in [0, 0.1) is 6.92 Å². The van der Waals surface area contributed by atoms with Gasteiger partial charge in [-0.05, 0) is 44.4 Å². The summed E-state index contributed by atoms with van der Waals surface area (Å²) in [7, 11) is -3.88. The van der Waals surface area contributed by atoms with Crippen LogP contribution < -0.4 is 4.72 Å². The smallest absolute Gasteiger partial charge is 0.421 e. The number of amides is 1. The van der Waals surface area contributed by atoms with Gasteiger partial charge in [-0.25, -0.2) is 17.9 Å². The first kappa shape index (κ1) is 17.0. The highest BCUT2D eigenvalue weighted by Crippen LogP contribution is 2.10. The maximum absolute atomic E-state index is 11.9. The first-order valence-electron chi connectivity index (χ1n) is 6.56. The Kier molecular flexibility index (Phi) is 6.72. The number of carbonyl (C=O) groups is 1. The summed E-state index contributed by atoms with van der Waals surface area (Å²) in [6.07, 6.45) is 3.10. The summed E-state index contributed by atoms with van der Waals surface area (Å²) >= 11 is 0. The van der Waals surface area contributed by atoms with E-state index < -0.39 is 16.1 Å². The summed E-state index contributed by atoms with van der Waals surface area (Å²) in [6, 6.07) is 6.19. The van der Waals surface area contributed by atoms with Gasteiger partial charge in [0.1, 0.15) is 0 Å². The zero-order chi connectivity index (χ0) is 15.7. The molecule has 1 aromatic rings. The van der Waals surface area contributed by atoms with E-state index in [0.29, 0.717) is 6.42 Å². The van der Waals surface area contributed by atoms with Crippen LogP contribution in [-0.2, 0) is 14.8 Å². The SMILES string of the molecule is C=C=CCCCCOC(=O)NS(=O)(=O)c1ccc(C)cc1. The normalized spacial score (nSPS) is 10.5. The molecule has 1 rings (SSSR count). The highest BCUT2D eigenvalue weighted by molar-refractivity contribution is 7.90. The molecule has 0 aliphatic carbocycles. The Morgan fingerprint density at radius 3 is 2.62 bits per heavy atom. The monoisotopic (exact) mass is 309 g/mol. The van der Waals surface area contributed by atoms with Gasteiger partial charge in [0.15, 0.2) is 0 Å². The molecule has 0 radical (unpaired) electrons. The molecule has 0 saturated heterocycles. The summed E-state index contributed by atoms with van der Waals surface area (Å²) in [5.41, 5.74) is 3.58. The standard InChI is InChI=1S/C15H19NO4S/c1-3-4-5-6-7-12-20-15(17)16-21(18,19)14-10-8-13(2)9-11-14/h4,8-11H,1,5-7,12H2,2H3,(H,16,17). The third-order valence-corrected chi connectivity index (χ3v) is 4.00. The zero-order valence-electron chi connectivity index (χ0n) is 12.0. The molecule has 0 saturated carbocycles. The van der Waals surface area contributed by atoms with Crippen molar-refractivity contribution in [1.82, 2.24) is 4.72 Å². The van der Waals surface area contributed by atoms with Gasteiger partial charge in [0, 0.05) is 0 Å². The molecule has 0 heterocycles. The molecule has 0 unspecified atom stereocenters. The number of ether oxygens (including phenoxy) is 1. The van der Waals surface area contributed by atoms with Gasteiger partial charge >= 0.3 is 6.09 Å². The van der Waals surface area contributed by atoms with Crippen molar-refractivity contribution >= 4 is 16.1 Å². The molecule has 1 aromatic carbocycles. The van der Waals surface area contributed by atoms with E-state index in [-0.39, 0.29) is 11.5 Å². The van der Waals surface area contributed by atoms with Crippen molar-refractivity contribution in [2.45, 2.75) is 31.1 Å². The van der Waals surface area contributed by atoms with Crippen molar-refractivity contribution in [2.75, 3.05) is 6.61 Å². The number of carbonyl (C=O) groups excluding carboxylic acids is 1. The Balaban J connectivity index is 2.42. The molecule has 21 heavy (non-hydrogen) atoms. The topological polar surface area (TPSA) is 72.5 Å². The fraction of sp³-hybridized carbons (Fsp3) is 0.333. The molecule has 0 spiro atoms. The number of hydrogen-bond donors (Lipinski definition) is 1. The number of allylic oxidation sites excluding steroid dienone is 1. The third-order valence-electron chi connectivity index (χ3n) is 2.67. The third kappa shape index (κ3) is 6.29. The van der Waals surface area contributed by atoms with Crippen LogP contribution in [0.4, 0.5) is 4.79 Å². The van der Waals surface area contributed by atoms with Gasteiger partial charge in [0.2, 0.25) is 0 Å². The highest BCUT2D eigenvalue weighted by Gasteiger charge is 2.17. The Bertz CT molecular complexity index is 614. The van der Waals surface area contributed by atoms with Crippen LogP contribution in [0.3, 0.4) is 0 Å². The van der Waals surface area contributed by atoms with Crippen LogP contribution in [0.25, 0.3) is 0 Å². The van der Waals surface area contributed by atoms with E-state index in [2.05, 4.69) is 12.3 Å². The summed E-state index contributed by atoms with van der Waals surface area (Å²) in [5.74, 6) is 0. The fourth-order valence-corrected chi connectivity index (χ4v) is 2.42. The number of rotatable bonds is 7. The molecule has 0 aliphatic rings. The Morgan fingerprint density at radius 1 is 1.33 bits per heavy atom. The van der Waals surface area contributed by atoms with E-state index in [4.69, 9.17) is 4.74 Å². The number of unbranched alkanes of at least 4 members (excludes halogenated alkanes) is 2. The average Bonchev–Trinajstić information content (AvgIpc) is 2.42. The van der Waals surface area contributed by atoms with E-state index in [1.165, 1.54) is 12.1 Å². The predicted octanol–water partition coefficient (Wildman–Crippen LogP) is 2.92. The van der Waals surface area contributed by atoms with E-state index >= 15 is 0 Å². The lowest BCUT2D eigenvalue weighted by Crippen LogP contribution is -2.31. The number of hydrogen-bond acceptors (Lipinski definition) is 4. The molecule has 1 N–H and O–H groups in total. The maximum atomic E-state index is 11.9. The molecule has 0 atom stereocenters. The van der Waals surface area contributed by atoms with Crippen molar-refractivity contribution in [3.63, 3.8) is 0 Å². The zero-order valence-corrected chi connectivity index (χ0v) is 12.8. The van der Waals surface area contributed by atoms with Crippen LogP contribution in [0.1, 0.15) is 24.8 Å². The lowest BCUT2D eigenvalue weighted by molar-refractivity contribution is 0.150. The second-order valence-corrected chi connectivity index (χ2v) is 6.14. The van der Waals surface area contributed by atoms with Gasteiger partial charge in [0.05, 0.1) is 11.5 Å². The van der Waals surface area contributed by atoms with Gasteiger partial charge in [-0.3, -0.25) is 0 Å².